The zero-order valence-electron chi connectivity index (χ0n) is 14.4. The maximum atomic E-state index is 12.6. The number of piperazine rings is 1. The number of rotatable bonds is 4. The van der Waals surface area contributed by atoms with E-state index < -0.39 is 15.9 Å². The van der Waals surface area contributed by atoms with Crippen molar-refractivity contribution in [1.82, 2.24) is 9.21 Å². The molecule has 0 bridgehead atoms. The molecule has 0 atom stereocenters. The molecule has 8 nitrogen and oxygen atoms in total. The minimum atomic E-state index is -3.86. The number of nitrogens with two attached hydrogens (primary N) is 1. The number of sulfonamides is 1. The number of thiocarbonyl (C=S) groups is 1. The fourth-order valence-corrected chi connectivity index (χ4v) is 4.56. The fourth-order valence-electron chi connectivity index (χ4n) is 2.63. The lowest BCUT2D eigenvalue weighted by Crippen LogP contribution is -2.51. The van der Waals surface area contributed by atoms with Crippen molar-refractivity contribution >= 4 is 62.2 Å². The number of carbonyl (C=O) groups excluding carboxylic acids is 1. The Morgan fingerprint density at radius 1 is 1.11 bits per heavy atom. The molecule has 0 saturated carbocycles. The Balaban J connectivity index is 1.62. The number of benzene rings is 1. The molecule has 0 unspecified atom stereocenters. The molecule has 150 valence electrons. The van der Waals surface area contributed by atoms with E-state index in [1.807, 2.05) is 4.90 Å². The van der Waals surface area contributed by atoms with Crippen molar-refractivity contribution in [2.75, 3.05) is 31.5 Å². The Morgan fingerprint density at radius 2 is 1.79 bits per heavy atom. The number of furan rings is 1. The van der Waals surface area contributed by atoms with Gasteiger partial charge in [0.1, 0.15) is 0 Å². The summed E-state index contributed by atoms with van der Waals surface area (Å²) in [7, 11) is -3.86. The number of carbonyl (C=O) groups is 1. The summed E-state index contributed by atoms with van der Waals surface area (Å²) in [6.07, 6.45) is 0. The summed E-state index contributed by atoms with van der Waals surface area (Å²) in [4.78, 5) is 12.9. The smallest absolute Gasteiger partial charge is 0.284 e. The Kier molecular flexibility index (Phi) is 6.15. The maximum absolute atomic E-state index is 12.6. The van der Waals surface area contributed by atoms with Crippen LogP contribution in [-0.4, -0.2) is 54.8 Å². The average molecular weight is 463 g/mol. The lowest BCUT2D eigenvalue weighted by molar-refractivity contribution is 0.0968. The van der Waals surface area contributed by atoms with Crippen LogP contribution in [0.5, 0.6) is 0 Å². The predicted octanol–water partition coefficient (Wildman–Crippen LogP) is 2.39. The van der Waals surface area contributed by atoms with E-state index in [9.17, 15) is 13.2 Å². The highest BCUT2D eigenvalue weighted by Crippen LogP contribution is 2.25. The van der Waals surface area contributed by atoms with Crippen molar-refractivity contribution in [3.05, 3.63) is 46.1 Å². The molecule has 1 amide bonds. The van der Waals surface area contributed by atoms with Gasteiger partial charge in [-0.3, -0.25) is 4.79 Å². The molecule has 1 aliphatic rings. The molecular formula is C16H16Cl2N4O4S2. The van der Waals surface area contributed by atoms with Gasteiger partial charge in [-0.2, -0.15) is 4.31 Å². The molecule has 1 aromatic heterocycles. The van der Waals surface area contributed by atoms with Gasteiger partial charge in [-0.15, -0.1) is 0 Å². The summed E-state index contributed by atoms with van der Waals surface area (Å²) in [6.45, 7) is 1.18. The van der Waals surface area contributed by atoms with Crippen LogP contribution in [-0.2, 0) is 10.0 Å². The Hall–Kier alpha value is -1.85. The molecule has 2 heterocycles. The first-order valence-electron chi connectivity index (χ1n) is 8.09. The van der Waals surface area contributed by atoms with Crippen LogP contribution in [0.3, 0.4) is 0 Å². The van der Waals surface area contributed by atoms with Crippen LogP contribution in [0.25, 0.3) is 0 Å². The summed E-state index contributed by atoms with van der Waals surface area (Å²) in [5.41, 5.74) is 5.78. The second kappa shape index (κ2) is 8.26. The van der Waals surface area contributed by atoms with E-state index in [1.54, 1.807) is 18.2 Å². The molecule has 3 N–H and O–H groups in total. The first-order valence-corrected chi connectivity index (χ1v) is 10.7. The van der Waals surface area contributed by atoms with E-state index in [2.05, 4.69) is 5.32 Å². The lowest BCUT2D eigenvalue weighted by Gasteiger charge is -2.35. The molecular weight excluding hydrogens is 447 g/mol. The van der Waals surface area contributed by atoms with Gasteiger partial charge in [0.25, 0.3) is 15.9 Å². The van der Waals surface area contributed by atoms with Crippen LogP contribution in [0, 0.1) is 0 Å². The van der Waals surface area contributed by atoms with Gasteiger partial charge < -0.3 is 20.4 Å². The van der Waals surface area contributed by atoms with Crippen molar-refractivity contribution in [3.8, 4) is 0 Å². The molecule has 28 heavy (non-hydrogen) atoms. The number of nitrogens with one attached hydrogen (secondary N) is 1. The van der Waals surface area contributed by atoms with Crippen LogP contribution in [0.1, 0.15) is 10.6 Å². The Morgan fingerprint density at radius 3 is 2.36 bits per heavy atom. The fraction of sp³-hybridized carbons (Fsp3) is 0.250. The van der Waals surface area contributed by atoms with Crippen molar-refractivity contribution in [2.24, 2.45) is 5.73 Å². The number of amides is 1. The first kappa shape index (κ1) is 20.9. The van der Waals surface area contributed by atoms with Gasteiger partial charge in [0.2, 0.25) is 5.09 Å². The van der Waals surface area contributed by atoms with E-state index in [0.29, 0.717) is 33.9 Å². The van der Waals surface area contributed by atoms with Crippen LogP contribution >= 0.6 is 35.4 Å². The zero-order valence-corrected chi connectivity index (χ0v) is 17.5. The minimum absolute atomic E-state index is 0.204. The van der Waals surface area contributed by atoms with Crippen molar-refractivity contribution in [2.45, 2.75) is 5.09 Å². The molecule has 1 aromatic carbocycles. The topological polar surface area (TPSA) is 109 Å². The van der Waals surface area contributed by atoms with Gasteiger partial charge in [0.15, 0.2) is 10.9 Å². The first-order chi connectivity index (χ1) is 13.2. The van der Waals surface area contributed by atoms with Crippen LogP contribution in [0.2, 0.25) is 10.0 Å². The summed E-state index contributed by atoms with van der Waals surface area (Å²) in [6, 6.07) is 7.52. The third-order valence-electron chi connectivity index (χ3n) is 4.12. The van der Waals surface area contributed by atoms with Crippen molar-refractivity contribution in [1.29, 1.82) is 0 Å². The molecule has 12 heteroatoms. The van der Waals surface area contributed by atoms with Gasteiger partial charge >= 0.3 is 0 Å². The second-order valence-corrected chi connectivity index (χ2v) is 9.00. The highest BCUT2D eigenvalue weighted by Gasteiger charge is 2.32. The third-order valence-corrected chi connectivity index (χ3v) is 6.99. The minimum Gasteiger partial charge on any atom is -0.438 e. The van der Waals surface area contributed by atoms with Crippen LogP contribution < -0.4 is 11.1 Å². The highest BCUT2D eigenvalue weighted by atomic mass is 35.5. The van der Waals surface area contributed by atoms with E-state index in [1.165, 1.54) is 16.4 Å². The van der Waals surface area contributed by atoms with E-state index in [4.69, 9.17) is 45.6 Å². The molecule has 3 rings (SSSR count). The normalized spacial score (nSPS) is 15.4. The number of anilines is 1. The largest absolute Gasteiger partial charge is 0.438 e. The van der Waals surface area contributed by atoms with E-state index >= 15 is 0 Å². The van der Waals surface area contributed by atoms with E-state index in [0.717, 1.165) is 0 Å². The third kappa shape index (κ3) is 4.41. The van der Waals surface area contributed by atoms with E-state index in [-0.39, 0.29) is 23.9 Å². The van der Waals surface area contributed by atoms with Gasteiger partial charge in [-0.05, 0) is 42.5 Å². The molecule has 2 aromatic rings. The maximum Gasteiger partial charge on any atom is 0.284 e. The highest BCUT2D eigenvalue weighted by molar-refractivity contribution is 7.89. The van der Waals surface area contributed by atoms with Crippen LogP contribution in [0.4, 0.5) is 5.69 Å². The summed E-state index contributed by atoms with van der Waals surface area (Å²) >= 11 is 17.3. The summed E-state index contributed by atoms with van der Waals surface area (Å²) < 4.78 is 31.6. The van der Waals surface area contributed by atoms with Crippen molar-refractivity contribution < 1.29 is 17.6 Å². The molecule has 1 aliphatic heterocycles. The number of hydrogen-bond acceptors (Lipinski definition) is 5. The predicted molar refractivity (Wildman–Crippen MR) is 110 cm³/mol. The number of nitrogens with zero attached hydrogens (tertiary/aromatic N) is 2. The molecule has 1 saturated heterocycles. The molecule has 0 spiro atoms. The Bertz CT molecular complexity index is 1020. The monoisotopic (exact) mass is 462 g/mol. The molecule has 1 fully saturated rings. The quantitative estimate of drug-likeness (QED) is 0.671. The number of primary amides is 1. The number of hydrogen-bond donors (Lipinski definition) is 2. The molecule has 0 radical (unpaired) electrons. The van der Waals surface area contributed by atoms with Gasteiger partial charge in [0.05, 0.1) is 10.0 Å². The molecule has 0 aliphatic carbocycles. The number of halogens is 2. The van der Waals surface area contributed by atoms with Gasteiger partial charge in [0, 0.05) is 31.9 Å². The SMILES string of the molecule is NC(=O)c1ccc(S(=O)(=O)N2CCN(C(=S)Nc3ccc(Cl)c(Cl)c3)CC2)o1. The summed E-state index contributed by atoms with van der Waals surface area (Å²) in [5, 5.41) is 4.03. The van der Waals surface area contributed by atoms with Crippen molar-refractivity contribution in [3.63, 3.8) is 0 Å². The zero-order chi connectivity index (χ0) is 20.5. The summed E-state index contributed by atoms with van der Waals surface area (Å²) in [5.74, 6) is -1.03. The Labute approximate surface area is 177 Å². The lowest BCUT2D eigenvalue weighted by atomic mass is 10.3. The standard InChI is InChI=1S/C16H16Cl2N4O4S2/c17-11-2-1-10(9-12(11)18)20-16(27)21-5-7-22(8-6-21)28(24,25)14-4-3-13(26-14)15(19)23/h1-4,9H,5-8H2,(H2,19,23)(H,20,27). The second-order valence-electron chi connectivity index (χ2n) is 5.93. The van der Waals surface area contributed by atoms with Gasteiger partial charge in [-0.1, -0.05) is 23.2 Å². The van der Waals surface area contributed by atoms with Crippen LogP contribution in [0.15, 0.2) is 39.8 Å². The average Bonchev–Trinajstić information content (AvgIpc) is 3.16. The van der Waals surface area contributed by atoms with Gasteiger partial charge in [-0.25, -0.2) is 8.42 Å².